The van der Waals surface area contributed by atoms with Gasteiger partial charge in [-0.25, -0.2) is 8.42 Å². The molecule has 6 nitrogen and oxygen atoms in total. The van der Waals surface area contributed by atoms with Gasteiger partial charge in [0.15, 0.2) is 0 Å². The van der Waals surface area contributed by atoms with Crippen LogP contribution in [0.25, 0.3) is 0 Å². The van der Waals surface area contributed by atoms with E-state index in [-0.39, 0.29) is 21.5 Å². The van der Waals surface area contributed by atoms with Crippen LogP contribution in [0.3, 0.4) is 0 Å². The van der Waals surface area contributed by atoms with Crippen molar-refractivity contribution in [1.82, 2.24) is 9.21 Å². The van der Waals surface area contributed by atoms with Crippen molar-refractivity contribution in [2.75, 3.05) is 33.7 Å². The summed E-state index contributed by atoms with van der Waals surface area (Å²) in [6.07, 6.45) is 0. The van der Waals surface area contributed by atoms with E-state index in [1.54, 1.807) is 19.0 Å². The van der Waals surface area contributed by atoms with E-state index in [9.17, 15) is 13.2 Å². The van der Waals surface area contributed by atoms with Gasteiger partial charge in [-0.05, 0) is 26.2 Å². The normalized spacial score (nSPS) is 12.1. The molecule has 1 rings (SSSR count). The van der Waals surface area contributed by atoms with Gasteiger partial charge in [0.2, 0.25) is 10.0 Å². The fourth-order valence-corrected chi connectivity index (χ4v) is 4.08. The minimum absolute atomic E-state index is 0.0170. The fraction of sp³-hybridized carbons (Fsp3) is 0.417. The molecule has 0 aliphatic rings. The van der Waals surface area contributed by atoms with Crippen molar-refractivity contribution in [3.05, 3.63) is 28.2 Å². The maximum atomic E-state index is 12.6. The summed E-state index contributed by atoms with van der Waals surface area (Å²) in [5.74, 6) is -1.25. The number of rotatable bonds is 7. The predicted octanol–water partition coefficient (Wildman–Crippen LogP) is 1.63. The third kappa shape index (κ3) is 4.82. The summed E-state index contributed by atoms with van der Waals surface area (Å²) >= 11 is 11.8. The largest absolute Gasteiger partial charge is 0.480 e. The van der Waals surface area contributed by atoms with Crippen LogP contribution in [0.4, 0.5) is 0 Å². The Morgan fingerprint density at radius 3 is 2.14 bits per heavy atom. The standard InChI is InChI=1S/C12H16Cl2N2O4S/c1-15(2)6-7-16(8-11(17)18)21(19,20)12-9(13)4-3-5-10(12)14/h3-5H,6-8H2,1-2H3,(H,17,18). The SMILES string of the molecule is CN(C)CCN(CC(=O)O)S(=O)(=O)c1c(Cl)cccc1Cl. The Balaban J connectivity index is 3.23. The highest BCUT2D eigenvalue weighted by atomic mass is 35.5. The van der Waals surface area contributed by atoms with Crippen molar-refractivity contribution in [1.29, 1.82) is 0 Å². The molecule has 0 aliphatic carbocycles. The first-order valence-corrected chi connectivity index (χ1v) is 8.16. The van der Waals surface area contributed by atoms with Gasteiger partial charge in [0.05, 0.1) is 10.0 Å². The van der Waals surface area contributed by atoms with E-state index in [1.807, 2.05) is 0 Å². The number of likely N-dealkylation sites (N-methyl/N-ethyl adjacent to an activating group) is 1. The number of aliphatic carboxylic acids is 1. The number of hydrogen-bond donors (Lipinski definition) is 1. The summed E-state index contributed by atoms with van der Waals surface area (Å²) in [5, 5.41) is 8.83. The van der Waals surface area contributed by atoms with Crippen molar-refractivity contribution in [2.45, 2.75) is 4.90 Å². The Morgan fingerprint density at radius 1 is 1.19 bits per heavy atom. The van der Waals surface area contributed by atoms with Gasteiger partial charge >= 0.3 is 5.97 Å². The van der Waals surface area contributed by atoms with Crippen molar-refractivity contribution >= 4 is 39.2 Å². The van der Waals surface area contributed by atoms with Gasteiger partial charge in [0.25, 0.3) is 0 Å². The number of nitrogens with zero attached hydrogens (tertiary/aromatic N) is 2. The molecule has 0 aliphatic heterocycles. The number of hydrogen-bond acceptors (Lipinski definition) is 4. The second-order valence-corrected chi connectivity index (χ2v) is 7.28. The lowest BCUT2D eigenvalue weighted by Crippen LogP contribution is -2.40. The molecule has 0 unspecified atom stereocenters. The third-order valence-electron chi connectivity index (χ3n) is 2.63. The number of carbonyl (C=O) groups is 1. The molecule has 0 spiro atoms. The lowest BCUT2D eigenvalue weighted by atomic mass is 10.4. The summed E-state index contributed by atoms with van der Waals surface area (Å²) in [5.41, 5.74) is 0. The molecular formula is C12H16Cl2N2O4S. The number of carboxylic acid groups (broad SMARTS) is 1. The molecule has 21 heavy (non-hydrogen) atoms. The number of benzene rings is 1. The monoisotopic (exact) mass is 354 g/mol. The van der Waals surface area contributed by atoms with Gasteiger partial charge in [0, 0.05) is 13.1 Å². The van der Waals surface area contributed by atoms with Gasteiger partial charge in [-0.1, -0.05) is 29.3 Å². The van der Waals surface area contributed by atoms with Gasteiger partial charge in [-0.3, -0.25) is 4.79 Å². The van der Waals surface area contributed by atoms with Crippen molar-refractivity contribution < 1.29 is 18.3 Å². The molecule has 9 heteroatoms. The molecule has 0 saturated heterocycles. The highest BCUT2D eigenvalue weighted by molar-refractivity contribution is 7.89. The Kier molecular flexibility index (Phi) is 6.42. The second-order valence-electron chi connectivity index (χ2n) is 4.59. The van der Waals surface area contributed by atoms with E-state index in [4.69, 9.17) is 28.3 Å². The average molecular weight is 355 g/mol. The molecule has 0 amide bonds. The average Bonchev–Trinajstić information content (AvgIpc) is 2.33. The first-order valence-electron chi connectivity index (χ1n) is 5.97. The maximum Gasteiger partial charge on any atom is 0.318 e. The Bertz CT molecular complexity index is 599. The van der Waals surface area contributed by atoms with Gasteiger partial charge < -0.3 is 10.0 Å². The Morgan fingerprint density at radius 2 is 1.71 bits per heavy atom. The Labute approximate surface area is 133 Å². The van der Waals surface area contributed by atoms with Crippen LogP contribution in [-0.2, 0) is 14.8 Å². The smallest absolute Gasteiger partial charge is 0.318 e. The second kappa shape index (κ2) is 7.42. The molecule has 1 aromatic rings. The van der Waals surface area contributed by atoms with Crippen molar-refractivity contribution in [3.63, 3.8) is 0 Å². The molecule has 1 aromatic carbocycles. The minimum Gasteiger partial charge on any atom is -0.480 e. The zero-order valence-electron chi connectivity index (χ0n) is 11.6. The van der Waals surface area contributed by atoms with E-state index in [2.05, 4.69) is 0 Å². The molecule has 0 fully saturated rings. The van der Waals surface area contributed by atoms with Crippen molar-refractivity contribution in [2.24, 2.45) is 0 Å². The summed E-state index contributed by atoms with van der Waals surface area (Å²) < 4.78 is 26.0. The lowest BCUT2D eigenvalue weighted by Gasteiger charge is -2.23. The van der Waals surface area contributed by atoms with E-state index in [1.165, 1.54) is 18.2 Å². The van der Waals surface area contributed by atoms with E-state index >= 15 is 0 Å². The first kappa shape index (κ1) is 18.2. The fourth-order valence-electron chi connectivity index (χ4n) is 1.60. The van der Waals surface area contributed by atoms with E-state index < -0.39 is 22.5 Å². The highest BCUT2D eigenvalue weighted by Crippen LogP contribution is 2.31. The number of carboxylic acids is 1. The number of halogens is 2. The zero-order valence-corrected chi connectivity index (χ0v) is 13.9. The first-order chi connectivity index (χ1) is 9.66. The molecule has 0 saturated carbocycles. The topological polar surface area (TPSA) is 77.9 Å². The predicted molar refractivity (Wildman–Crippen MR) is 81.4 cm³/mol. The maximum absolute atomic E-state index is 12.6. The van der Waals surface area contributed by atoms with Crippen LogP contribution in [0.1, 0.15) is 0 Å². The van der Waals surface area contributed by atoms with Crippen molar-refractivity contribution in [3.8, 4) is 0 Å². The van der Waals surface area contributed by atoms with Gasteiger partial charge in [0.1, 0.15) is 11.4 Å². The van der Waals surface area contributed by atoms with E-state index in [0.717, 1.165) is 4.31 Å². The van der Waals surface area contributed by atoms with Crippen LogP contribution in [0.5, 0.6) is 0 Å². The minimum atomic E-state index is -4.09. The van der Waals surface area contributed by atoms with Crippen LogP contribution in [0, 0.1) is 0 Å². The quantitative estimate of drug-likeness (QED) is 0.804. The molecule has 0 radical (unpaired) electrons. The van der Waals surface area contributed by atoms with Gasteiger partial charge in [-0.2, -0.15) is 4.31 Å². The summed E-state index contributed by atoms with van der Waals surface area (Å²) in [7, 11) is -0.575. The molecule has 0 atom stereocenters. The lowest BCUT2D eigenvalue weighted by molar-refractivity contribution is -0.137. The highest BCUT2D eigenvalue weighted by Gasteiger charge is 2.30. The summed E-state index contributed by atoms with van der Waals surface area (Å²) in [6, 6.07) is 4.31. The van der Waals surface area contributed by atoms with Crippen LogP contribution >= 0.6 is 23.2 Å². The van der Waals surface area contributed by atoms with Gasteiger partial charge in [-0.15, -0.1) is 0 Å². The van der Waals surface area contributed by atoms with Crippen LogP contribution in [0.2, 0.25) is 10.0 Å². The van der Waals surface area contributed by atoms with Crippen LogP contribution < -0.4 is 0 Å². The molecule has 118 valence electrons. The molecule has 0 heterocycles. The number of sulfonamides is 1. The molecule has 0 bridgehead atoms. The van der Waals surface area contributed by atoms with Crippen LogP contribution in [-0.4, -0.2) is 62.4 Å². The summed E-state index contributed by atoms with van der Waals surface area (Å²) in [4.78, 5) is 12.4. The summed E-state index contributed by atoms with van der Waals surface area (Å²) in [6.45, 7) is -0.268. The molecule has 0 aromatic heterocycles. The third-order valence-corrected chi connectivity index (χ3v) is 5.43. The zero-order chi connectivity index (χ0) is 16.2. The van der Waals surface area contributed by atoms with Crippen LogP contribution in [0.15, 0.2) is 23.1 Å². The Hall–Kier alpha value is -0.860. The molecular weight excluding hydrogens is 339 g/mol. The van der Waals surface area contributed by atoms with E-state index in [0.29, 0.717) is 6.54 Å². The molecule has 1 N–H and O–H groups in total.